The Morgan fingerprint density at radius 3 is 2.24 bits per heavy atom. The molecule has 8 heteroatoms. The number of rotatable bonds is 6. The van der Waals surface area contributed by atoms with Gasteiger partial charge in [-0.05, 0) is 55.2 Å². The van der Waals surface area contributed by atoms with Crippen LogP contribution in [0, 0.1) is 0 Å². The Kier molecular flexibility index (Phi) is 7.57. The van der Waals surface area contributed by atoms with E-state index in [0.717, 1.165) is 31.2 Å². The number of nitrogens with one attached hydrogen (secondary N) is 1. The van der Waals surface area contributed by atoms with E-state index in [4.69, 9.17) is 23.2 Å². The maximum Gasteiger partial charge on any atom is 0.252 e. The van der Waals surface area contributed by atoms with Crippen LogP contribution in [-0.4, -0.2) is 38.3 Å². The molecule has 2 aromatic rings. The van der Waals surface area contributed by atoms with Crippen molar-refractivity contribution in [1.29, 1.82) is 0 Å². The van der Waals surface area contributed by atoms with E-state index in [1.54, 1.807) is 40.7 Å². The Labute approximate surface area is 182 Å². The lowest BCUT2D eigenvalue weighted by Gasteiger charge is -2.20. The summed E-state index contributed by atoms with van der Waals surface area (Å²) in [7, 11) is -3.44. The lowest BCUT2D eigenvalue weighted by Crippen LogP contribution is -2.31. The average molecular weight is 455 g/mol. The van der Waals surface area contributed by atoms with E-state index in [0.29, 0.717) is 46.6 Å². The summed E-state index contributed by atoms with van der Waals surface area (Å²) in [5.74, 6) is -0.271. The highest BCUT2D eigenvalue weighted by atomic mass is 35.5. The Hall–Kier alpha value is -1.60. The molecule has 0 saturated carbocycles. The van der Waals surface area contributed by atoms with Gasteiger partial charge in [-0.15, -0.1) is 0 Å². The van der Waals surface area contributed by atoms with E-state index in [1.807, 2.05) is 0 Å². The second-order valence-electron chi connectivity index (χ2n) is 7.09. The van der Waals surface area contributed by atoms with Crippen molar-refractivity contribution in [3.8, 4) is 0 Å². The summed E-state index contributed by atoms with van der Waals surface area (Å²) in [5, 5.41) is 3.60. The third kappa shape index (κ3) is 5.72. The molecule has 1 N–H and O–H groups in total. The normalized spacial score (nSPS) is 15.7. The van der Waals surface area contributed by atoms with Crippen molar-refractivity contribution in [2.24, 2.45) is 0 Å². The molecule has 156 valence electrons. The molecule has 0 spiro atoms. The Balaban J connectivity index is 1.57. The molecule has 1 amide bonds. The molecule has 1 fully saturated rings. The second-order valence-corrected chi connectivity index (χ2v) is 9.87. The molecular weight excluding hydrogens is 431 g/mol. The number of benzene rings is 2. The number of carbonyl (C=O) groups is 1. The van der Waals surface area contributed by atoms with Crippen LogP contribution in [-0.2, 0) is 16.4 Å². The van der Waals surface area contributed by atoms with Crippen LogP contribution < -0.4 is 5.32 Å². The zero-order chi connectivity index (χ0) is 20.9. The third-order valence-corrected chi connectivity index (χ3v) is 7.46. The second kappa shape index (κ2) is 9.94. The van der Waals surface area contributed by atoms with Crippen LogP contribution in [0.4, 0.5) is 0 Å². The lowest BCUT2D eigenvalue weighted by molar-refractivity contribution is 0.0954. The van der Waals surface area contributed by atoms with Gasteiger partial charge in [0, 0.05) is 24.7 Å². The Morgan fingerprint density at radius 2 is 1.62 bits per heavy atom. The van der Waals surface area contributed by atoms with Crippen LogP contribution >= 0.6 is 23.2 Å². The molecular formula is C21H24Cl2N2O3S. The number of sulfonamides is 1. The molecule has 1 heterocycles. The SMILES string of the molecule is O=C(NCCc1ccc(S(=O)(=O)N2CCCCCC2)cc1)c1ccc(Cl)cc1Cl. The van der Waals surface area contributed by atoms with Gasteiger partial charge in [0.05, 0.1) is 15.5 Å². The molecule has 0 radical (unpaired) electrons. The van der Waals surface area contributed by atoms with Gasteiger partial charge in [0.15, 0.2) is 0 Å². The molecule has 5 nitrogen and oxygen atoms in total. The van der Waals surface area contributed by atoms with Crippen molar-refractivity contribution < 1.29 is 13.2 Å². The molecule has 1 aliphatic rings. The van der Waals surface area contributed by atoms with Gasteiger partial charge in [-0.1, -0.05) is 48.2 Å². The number of hydrogen-bond donors (Lipinski definition) is 1. The highest BCUT2D eigenvalue weighted by molar-refractivity contribution is 7.89. The third-order valence-electron chi connectivity index (χ3n) is 5.00. The molecule has 29 heavy (non-hydrogen) atoms. The number of halogens is 2. The highest BCUT2D eigenvalue weighted by Crippen LogP contribution is 2.22. The zero-order valence-electron chi connectivity index (χ0n) is 16.0. The smallest absolute Gasteiger partial charge is 0.252 e. The topological polar surface area (TPSA) is 66.5 Å². The summed E-state index contributed by atoms with van der Waals surface area (Å²) in [5.41, 5.74) is 1.32. The lowest BCUT2D eigenvalue weighted by atomic mass is 10.1. The van der Waals surface area contributed by atoms with Crippen molar-refractivity contribution >= 4 is 39.1 Å². The van der Waals surface area contributed by atoms with Gasteiger partial charge in [0.2, 0.25) is 10.0 Å². The van der Waals surface area contributed by atoms with Crippen molar-refractivity contribution in [3.05, 3.63) is 63.6 Å². The highest BCUT2D eigenvalue weighted by Gasteiger charge is 2.24. The first-order chi connectivity index (χ1) is 13.9. The molecule has 2 aromatic carbocycles. The molecule has 0 atom stereocenters. The molecule has 0 bridgehead atoms. The van der Waals surface area contributed by atoms with E-state index in [9.17, 15) is 13.2 Å². The van der Waals surface area contributed by atoms with Crippen molar-refractivity contribution in [3.63, 3.8) is 0 Å². The van der Waals surface area contributed by atoms with Gasteiger partial charge in [0.25, 0.3) is 5.91 Å². The maximum atomic E-state index is 12.8. The Morgan fingerprint density at radius 1 is 0.966 bits per heavy atom. The minimum absolute atomic E-state index is 0.271. The average Bonchev–Trinajstić information content (AvgIpc) is 2.98. The number of hydrogen-bond acceptors (Lipinski definition) is 3. The number of carbonyl (C=O) groups excluding carboxylic acids is 1. The fraction of sp³-hybridized carbons (Fsp3) is 0.381. The number of amides is 1. The molecule has 1 aliphatic heterocycles. The molecule has 1 saturated heterocycles. The van der Waals surface area contributed by atoms with E-state index in [2.05, 4.69) is 5.32 Å². The molecule has 0 aromatic heterocycles. The summed E-state index contributed by atoms with van der Waals surface area (Å²) < 4.78 is 27.2. The van der Waals surface area contributed by atoms with Gasteiger partial charge in [-0.25, -0.2) is 8.42 Å². The van der Waals surface area contributed by atoms with Gasteiger partial charge >= 0.3 is 0 Å². The van der Waals surface area contributed by atoms with Crippen LogP contribution in [0.2, 0.25) is 10.0 Å². The van der Waals surface area contributed by atoms with E-state index < -0.39 is 10.0 Å². The van der Waals surface area contributed by atoms with E-state index >= 15 is 0 Å². The predicted molar refractivity (Wildman–Crippen MR) is 116 cm³/mol. The maximum absolute atomic E-state index is 12.8. The van der Waals surface area contributed by atoms with Crippen LogP contribution in [0.1, 0.15) is 41.6 Å². The van der Waals surface area contributed by atoms with Crippen LogP contribution in [0.25, 0.3) is 0 Å². The van der Waals surface area contributed by atoms with Gasteiger partial charge < -0.3 is 5.32 Å². The first-order valence-corrected chi connectivity index (χ1v) is 11.9. The molecule has 0 aliphatic carbocycles. The minimum Gasteiger partial charge on any atom is -0.352 e. The van der Waals surface area contributed by atoms with Gasteiger partial charge in [-0.2, -0.15) is 4.31 Å². The van der Waals surface area contributed by atoms with Crippen molar-refractivity contribution in [2.75, 3.05) is 19.6 Å². The zero-order valence-corrected chi connectivity index (χ0v) is 18.4. The quantitative estimate of drug-likeness (QED) is 0.696. The monoisotopic (exact) mass is 454 g/mol. The largest absolute Gasteiger partial charge is 0.352 e. The fourth-order valence-corrected chi connectivity index (χ4v) is 5.36. The van der Waals surface area contributed by atoms with E-state index in [1.165, 1.54) is 6.07 Å². The summed E-state index contributed by atoms with van der Waals surface area (Å²) in [6.45, 7) is 1.59. The summed E-state index contributed by atoms with van der Waals surface area (Å²) in [6, 6.07) is 11.6. The standard InChI is InChI=1S/C21H24Cl2N2O3S/c22-17-7-10-19(20(23)15-17)21(26)24-12-11-16-5-8-18(9-6-16)29(27,28)25-13-3-1-2-4-14-25/h5-10,15H,1-4,11-14H2,(H,24,26). The predicted octanol–water partition coefficient (Wildman–Crippen LogP) is 4.53. The van der Waals surface area contributed by atoms with Crippen molar-refractivity contribution in [1.82, 2.24) is 9.62 Å². The summed E-state index contributed by atoms with van der Waals surface area (Å²) in [6.07, 6.45) is 4.57. The first-order valence-electron chi connectivity index (χ1n) is 9.70. The number of nitrogens with zero attached hydrogens (tertiary/aromatic N) is 1. The molecule has 0 unspecified atom stereocenters. The summed E-state index contributed by atoms with van der Waals surface area (Å²) >= 11 is 11.9. The Bertz CT molecular complexity index is 954. The fourth-order valence-electron chi connectivity index (χ4n) is 3.35. The summed E-state index contributed by atoms with van der Waals surface area (Å²) in [4.78, 5) is 12.6. The minimum atomic E-state index is -3.44. The van der Waals surface area contributed by atoms with Gasteiger partial charge in [-0.3, -0.25) is 4.79 Å². The molecule has 3 rings (SSSR count). The van der Waals surface area contributed by atoms with Crippen molar-refractivity contribution in [2.45, 2.75) is 37.0 Å². The van der Waals surface area contributed by atoms with E-state index in [-0.39, 0.29) is 5.91 Å². The van der Waals surface area contributed by atoms with Gasteiger partial charge in [0.1, 0.15) is 0 Å². The van der Waals surface area contributed by atoms with Crippen LogP contribution in [0.3, 0.4) is 0 Å². The van der Waals surface area contributed by atoms with Crippen LogP contribution in [0.5, 0.6) is 0 Å². The first kappa shape index (κ1) is 22.1. The van der Waals surface area contributed by atoms with Crippen LogP contribution in [0.15, 0.2) is 47.4 Å².